The summed E-state index contributed by atoms with van der Waals surface area (Å²) in [5.41, 5.74) is 5.41. The number of thioether (sulfide) groups is 1. The van der Waals surface area contributed by atoms with Crippen LogP contribution in [0.5, 0.6) is 0 Å². The topological polar surface area (TPSA) is 69.0 Å². The van der Waals surface area contributed by atoms with E-state index in [-0.39, 0.29) is 11.7 Å². The van der Waals surface area contributed by atoms with Gasteiger partial charge in [0.05, 0.1) is 19.0 Å². The van der Waals surface area contributed by atoms with Crippen molar-refractivity contribution in [2.75, 3.05) is 5.75 Å². The minimum absolute atomic E-state index is 0.0570. The molecule has 0 atom stereocenters. The van der Waals surface area contributed by atoms with Crippen molar-refractivity contribution >= 4 is 17.7 Å². The minimum atomic E-state index is -0.0570. The van der Waals surface area contributed by atoms with E-state index < -0.39 is 0 Å². The van der Waals surface area contributed by atoms with Gasteiger partial charge in [0, 0.05) is 12.2 Å². The number of nitrogens with zero attached hydrogens (tertiary/aromatic N) is 3. The maximum absolute atomic E-state index is 12.5. The Balaban J connectivity index is 1.28. The maximum Gasteiger partial charge on any atom is 0.230 e. The highest BCUT2D eigenvalue weighted by Gasteiger charge is 2.11. The van der Waals surface area contributed by atoms with Crippen molar-refractivity contribution in [2.24, 2.45) is 0 Å². The Kier molecular flexibility index (Phi) is 7.90. The fourth-order valence-electron chi connectivity index (χ4n) is 3.30. The number of hydrogen-bond donors (Lipinski definition) is 1. The summed E-state index contributed by atoms with van der Waals surface area (Å²) in [6.45, 7) is 3.55. The number of carbonyl (C=O) groups is 1. The van der Waals surface area contributed by atoms with E-state index in [0.29, 0.717) is 24.9 Å². The molecule has 0 saturated heterocycles. The maximum atomic E-state index is 12.5. The van der Waals surface area contributed by atoms with E-state index in [0.717, 1.165) is 22.4 Å². The zero-order chi connectivity index (χ0) is 22.9. The number of amides is 1. The largest absolute Gasteiger partial charge is 0.372 e. The normalized spacial score (nSPS) is 10.8. The molecule has 1 amide bonds. The Bertz CT molecular complexity index is 1180. The van der Waals surface area contributed by atoms with Gasteiger partial charge in [-0.2, -0.15) is 0 Å². The van der Waals surface area contributed by atoms with Crippen LogP contribution in [0.3, 0.4) is 0 Å². The average Bonchev–Trinajstić information content (AvgIpc) is 3.32. The molecule has 0 aliphatic rings. The van der Waals surface area contributed by atoms with E-state index in [1.165, 1.54) is 17.3 Å². The van der Waals surface area contributed by atoms with Crippen LogP contribution in [-0.2, 0) is 29.3 Å². The molecule has 0 spiro atoms. The standard InChI is InChI=1S/C26H26N4O2S/c1-20-11-13-24(14-12-20)30-19-28-29-26(30)33-18-25(31)27-15-22-9-5-6-10-23(22)17-32-16-21-7-3-2-4-8-21/h2-14,19H,15-18H2,1H3,(H,27,31). The van der Waals surface area contributed by atoms with Crippen molar-refractivity contribution < 1.29 is 9.53 Å². The Labute approximate surface area is 198 Å². The van der Waals surface area contributed by atoms with Crippen LogP contribution < -0.4 is 5.32 Å². The molecule has 1 heterocycles. The van der Waals surface area contributed by atoms with Gasteiger partial charge in [0.1, 0.15) is 6.33 Å². The number of hydrogen-bond acceptors (Lipinski definition) is 5. The molecule has 1 N–H and O–H groups in total. The summed E-state index contributed by atoms with van der Waals surface area (Å²) in [6, 6.07) is 26.2. The molecule has 4 rings (SSSR count). The highest BCUT2D eigenvalue weighted by Crippen LogP contribution is 2.20. The highest BCUT2D eigenvalue weighted by molar-refractivity contribution is 7.99. The van der Waals surface area contributed by atoms with Crippen molar-refractivity contribution in [1.29, 1.82) is 0 Å². The molecular formula is C26H26N4O2S. The first-order chi connectivity index (χ1) is 16.2. The van der Waals surface area contributed by atoms with Crippen LogP contribution in [0.25, 0.3) is 5.69 Å². The van der Waals surface area contributed by atoms with Gasteiger partial charge in [-0.3, -0.25) is 9.36 Å². The second kappa shape index (κ2) is 11.4. The van der Waals surface area contributed by atoms with Gasteiger partial charge in [-0.1, -0.05) is 84.1 Å². The van der Waals surface area contributed by atoms with Gasteiger partial charge in [-0.05, 0) is 35.7 Å². The molecule has 0 fully saturated rings. The lowest BCUT2D eigenvalue weighted by atomic mass is 10.1. The molecule has 33 heavy (non-hydrogen) atoms. The third-order valence-corrected chi connectivity index (χ3v) is 6.07. The van der Waals surface area contributed by atoms with E-state index >= 15 is 0 Å². The molecule has 0 bridgehead atoms. The molecule has 6 nitrogen and oxygen atoms in total. The molecule has 1 aromatic heterocycles. The quantitative estimate of drug-likeness (QED) is 0.349. The first kappa shape index (κ1) is 22.8. The number of nitrogens with one attached hydrogen (secondary N) is 1. The zero-order valence-electron chi connectivity index (χ0n) is 18.5. The summed E-state index contributed by atoms with van der Waals surface area (Å²) in [6.07, 6.45) is 1.66. The Morgan fingerprint density at radius 3 is 2.45 bits per heavy atom. The molecule has 0 aliphatic heterocycles. The first-order valence-electron chi connectivity index (χ1n) is 10.7. The Morgan fingerprint density at radius 2 is 1.67 bits per heavy atom. The van der Waals surface area contributed by atoms with Crippen LogP contribution in [0.1, 0.15) is 22.3 Å². The summed E-state index contributed by atoms with van der Waals surface area (Å²) in [5.74, 6) is 0.204. The van der Waals surface area contributed by atoms with Gasteiger partial charge in [0.15, 0.2) is 5.16 Å². The van der Waals surface area contributed by atoms with Gasteiger partial charge in [-0.15, -0.1) is 10.2 Å². The molecule has 0 unspecified atom stereocenters. The van der Waals surface area contributed by atoms with E-state index in [4.69, 9.17) is 4.74 Å². The first-order valence-corrected chi connectivity index (χ1v) is 11.7. The molecule has 3 aromatic carbocycles. The number of ether oxygens (including phenoxy) is 1. The van der Waals surface area contributed by atoms with Gasteiger partial charge in [0.2, 0.25) is 5.91 Å². The molecule has 168 valence electrons. The zero-order valence-corrected chi connectivity index (χ0v) is 19.3. The third-order valence-electron chi connectivity index (χ3n) is 5.12. The number of carbonyl (C=O) groups excluding carboxylic acids is 1. The van der Waals surface area contributed by atoms with Crippen molar-refractivity contribution in [1.82, 2.24) is 20.1 Å². The summed E-state index contributed by atoms with van der Waals surface area (Å²) in [5, 5.41) is 11.8. The predicted molar refractivity (Wildman–Crippen MR) is 130 cm³/mol. The minimum Gasteiger partial charge on any atom is -0.372 e. The van der Waals surface area contributed by atoms with Crippen LogP contribution in [0.15, 0.2) is 90.3 Å². The number of aryl methyl sites for hydroxylation is 1. The van der Waals surface area contributed by atoms with Crippen molar-refractivity contribution in [3.63, 3.8) is 0 Å². The SMILES string of the molecule is Cc1ccc(-n2cnnc2SCC(=O)NCc2ccccc2COCc2ccccc2)cc1. The van der Waals surface area contributed by atoms with E-state index in [1.54, 1.807) is 6.33 Å². The molecule has 7 heteroatoms. The molecule has 0 saturated carbocycles. The summed E-state index contributed by atoms with van der Waals surface area (Å²) < 4.78 is 7.76. The average molecular weight is 459 g/mol. The third kappa shape index (κ3) is 6.54. The van der Waals surface area contributed by atoms with Crippen LogP contribution in [0.4, 0.5) is 0 Å². The number of aromatic nitrogens is 3. The van der Waals surface area contributed by atoms with Gasteiger partial charge in [-0.25, -0.2) is 0 Å². The Hall–Kier alpha value is -3.42. The summed E-state index contributed by atoms with van der Waals surface area (Å²) >= 11 is 1.36. The van der Waals surface area contributed by atoms with Crippen molar-refractivity contribution in [2.45, 2.75) is 31.8 Å². The smallest absolute Gasteiger partial charge is 0.230 e. The lowest BCUT2D eigenvalue weighted by molar-refractivity contribution is -0.118. The molecule has 4 aromatic rings. The second-order valence-electron chi connectivity index (χ2n) is 7.63. The van der Waals surface area contributed by atoms with Gasteiger partial charge >= 0.3 is 0 Å². The van der Waals surface area contributed by atoms with Crippen molar-refractivity contribution in [3.8, 4) is 5.69 Å². The van der Waals surface area contributed by atoms with Crippen LogP contribution in [0.2, 0.25) is 0 Å². The van der Waals surface area contributed by atoms with Crippen molar-refractivity contribution in [3.05, 3.63) is 107 Å². The molecular weight excluding hydrogens is 432 g/mol. The summed E-state index contributed by atoms with van der Waals surface area (Å²) in [4.78, 5) is 12.5. The van der Waals surface area contributed by atoms with Crippen LogP contribution >= 0.6 is 11.8 Å². The van der Waals surface area contributed by atoms with E-state index in [2.05, 4.69) is 15.5 Å². The second-order valence-corrected chi connectivity index (χ2v) is 8.57. The lowest BCUT2D eigenvalue weighted by Gasteiger charge is -2.12. The van der Waals surface area contributed by atoms with Gasteiger partial charge in [0.25, 0.3) is 0 Å². The predicted octanol–water partition coefficient (Wildman–Crippen LogP) is 4.70. The molecule has 0 radical (unpaired) electrons. The lowest BCUT2D eigenvalue weighted by Crippen LogP contribution is -2.25. The fraction of sp³-hybridized carbons (Fsp3) is 0.192. The number of benzene rings is 3. The van der Waals surface area contributed by atoms with E-state index in [9.17, 15) is 4.79 Å². The molecule has 0 aliphatic carbocycles. The highest BCUT2D eigenvalue weighted by atomic mass is 32.2. The summed E-state index contributed by atoms with van der Waals surface area (Å²) in [7, 11) is 0. The van der Waals surface area contributed by atoms with Crippen LogP contribution in [0, 0.1) is 6.92 Å². The fourth-order valence-corrected chi connectivity index (χ4v) is 4.06. The number of rotatable bonds is 10. The van der Waals surface area contributed by atoms with E-state index in [1.807, 2.05) is 90.4 Å². The Morgan fingerprint density at radius 1 is 0.939 bits per heavy atom. The van der Waals surface area contributed by atoms with Crippen LogP contribution in [-0.4, -0.2) is 26.4 Å². The monoisotopic (exact) mass is 458 g/mol. The van der Waals surface area contributed by atoms with Gasteiger partial charge < -0.3 is 10.1 Å².